The molecule has 11 heteroatoms. The normalized spacial score (nSPS) is 33.8. The van der Waals surface area contributed by atoms with Gasteiger partial charge in [-0.3, -0.25) is 29.0 Å². The molecule has 4 aromatic carbocycles. The summed E-state index contributed by atoms with van der Waals surface area (Å²) in [5.41, 5.74) is 3.81. The van der Waals surface area contributed by atoms with E-state index in [1.807, 2.05) is 30.3 Å². The molecule has 3 aliphatic heterocycles. The lowest BCUT2D eigenvalue weighted by atomic mass is 9.48. The van der Waals surface area contributed by atoms with E-state index < -0.39 is 28.1 Å². The summed E-state index contributed by atoms with van der Waals surface area (Å²) >= 11 is 0. The monoisotopic (exact) mass is 916 g/mol. The summed E-state index contributed by atoms with van der Waals surface area (Å²) in [6.07, 6.45) is 10.6. The molecule has 0 aromatic heterocycles. The Labute approximate surface area is 396 Å². The molecule has 3 heterocycles. The molecule has 7 aliphatic carbocycles. The van der Waals surface area contributed by atoms with Crippen molar-refractivity contribution < 1.29 is 43.6 Å². The molecular formula is C57H60N2O9. The van der Waals surface area contributed by atoms with Gasteiger partial charge in [0.2, 0.25) is 0 Å². The first-order valence-corrected chi connectivity index (χ1v) is 25.9. The number of rotatable bonds is 12. The fourth-order valence-electron chi connectivity index (χ4n) is 15.8. The van der Waals surface area contributed by atoms with E-state index in [1.54, 1.807) is 0 Å². The molecule has 0 radical (unpaired) electrons. The molecular weight excluding hydrogens is 857 g/mol. The average molecular weight is 917 g/mol. The molecule has 11 nitrogen and oxygen atoms in total. The molecule has 0 amide bonds. The van der Waals surface area contributed by atoms with Gasteiger partial charge in [-0.05, 0) is 165 Å². The second-order valence-corrected chi connectivity index (χ2v) is 22.8. The first kappa shape index (κ1) is 42.0. The average Bonchev–Trinajstić information content (AvgIpc) is 4.26. The second kappa shape index (κ2) is 14.8. The van der Waals surface area contributed by atoms with Crippen LogP contribution in [0.15, 0.2) is 60.7 Å². The molecule has 2 saturated heterocycles. The third-order valence-corrected chi connectivity index (χ3v) is 19.3. The molecule has 8 atom stereocenters. The van der Waals surface area contributed by atoms with Crippen LogP contribution in [-0.4, -0.2) is 99.1 Å². The molecule has 352 valence electrons. The van der Waals surface area contributed by atoms with Crippen LogP contribution in [-0.2, 0) is 62.1 Å². The molecule has 2 spiro atoms. The number of fused-ring (bicyclic) bond motifs is 1. The molecule has 4 bridgehead atoms. The van der Waals surface area contributed by atoms with Crippen LogP contribution in [0.5, 0.6) is 17.2 Å². The molecule has 14 rings (SSSR count). The maximum atomic E-state index is 13.6. The van der Waals surface area contributed by atoms with E-state index in [4.69, 9.17) is 14.2 Å². The van der Waals surface area contributed by atoms with Gasteiger partial charge < -0.3 is 24.4 Å². The Hall–Kier alpha value is -4.94. The Morgan fingerprint density at radius 2 is 1.18 bits per heavy atom. The molecule has 10 aliphatic rings. The summed E-state index contributed by atoms with van der Waals surface area (Å²) in [6, 6.07) is 20.2. The van der Waals surface area contributed by atoms with Crippen molar-refractivity contribution in [2.45, 2.75) is 149 Å². The quantitative estimate of drug-likeness (QED) is 0.117. The summed E-state index contributed by atoms with van der Waals surface area (Å²) in [6.45, 7) is 3.74. The molecule has 4 aromatic rings. The minimum atomic E-state index is -1.07. The highest BCUT2D eigenvalue weighted by atomic mass is 16.6. The molecule has 6 fully saturated rings. The van der Waals surface area contributed by atoms with Crippen LogP contribution in [0.1, 0.15) is 116 Å². The number of likely N-dealkylation sites (tertiary alicyclic amines) is 2. The smallest absolute Gasteiger partial charge is 0.311 e. The lowest BCUT2D eigenvalue weighted by Gasteiger charge is -2.64. The van der Waals surface area contributed by atoms with Gasteiger partial charge in [0, 0.05) is 67.8 Å². The number of aliphatic hydroxyl groups is 2. The number of aryl methyl sites for hydroxylation is 2. The number of carbonyl (C=O) groups is 4. The van der Waals surface area contributed by atoms with Crippen molar-refractivity contribution in [3.63, 3.8) is 0 Å². The van der Waals surface area contributed by atoms with E-state index in [0.29, 0.717) is 74.5 Å². The number of benzene rings is 4. The number of ketones is 2. The van der Waals surface area contributed by atoms with Crippen LogP contribution >= 0.6 is 0 Å². The van der Waals surface area contributed by atoms with Crippen molar-refractivity contribution in [1.82, 2.24) is 9.80 Å². The van der Waals surface area contributed by atoms with Crippen molar-refractivity contribution in [2.75, 3.05) is 26.2 Å². The maximum Gasteiger partial charge on any atom is 0.311 e. The highest BCUT2D eigenvalue weighted by molar-refractivity contribution is 5.91. The maximum absolute atomic E-state index is 13.6. The van der Waals surface area contributed by atoms with E-state index in [9.17, 15) is 29.4 Å². The number of nitrogens with zero attached hydrogens (tertiary/aromatic N) is 2. The van der Waals surface area contributed by atoms with Gasteiger partial charge in [-0.15, -0.1) is 0 Å². The van der Waals surface area contributed by atoms with Crippen molar-refractivity contribution in [2.24, 2.45) is 17.8 Å². The van der Waals surface area contributed by atoms with Gasteiger partial charge in [0.1, 0.15) is 11.5 Å². The van der Waals surface area contributed by atoms with Crippen LogP contribution in [0.3, 0.4) is 0 Å². The van der Waals surface area contributed by atoms with Gasteiger partial charge in [-0.1, -0.05) is 48.5 Å². The number of esters is 2. The zero-order valence-electron chi connectivity index (χ0n) is 38.7. The summed E-state index contributed by atoms with van der Waals surface area (Å²) in [7, 11) is 0. The Morgan fingerprint density at radius 1 is 0.632 bits per heavy atom. The van der Waals surface area contributed by atoms with Gasteiger partial charge in [0.25, 0.3) is 0 Å². The Balaban J connectivity index is 0.631. The van der Waals surface area contributed by atoms with Crippen molar-refractivity contribution in [1.29, 1.82) is 0 Å². The fourth-order valence-corrected chi connectivity index (χ4v) is 15.8. The minimum absolute atomic E-state index is 0.0180. The number of ether oxygens (including phenoxy) is 3. The van der Waals surface area contributed by atoms with Crippen molar-refractivity contribution >= 4 is 34.3 Å². The van der Waals surface area contributed by atoms with Gasteiger partial charge in [-0.25, -0.2) is 0 Å². The molecule has 2 N–H and O–H groups in total. The predicted octanol–water partition coefficient (Wildman–Crippen LogP) is 6.59. The summed E-state index contributed by atoms with van der Waals surface area (Å²) in [5.74, 6) is 2.04. The van der Waals surface area contributed by atoms with Gasteiger partial charge in [0.15, 0.2) is 23.4 Å². The Morgan fingerprint density at radius 3 is 1.79 bits per heavy atom. The highest BCUT2D eigenvalue weighted by Crippen LogP contribution is 2.67. The SMILES string of the molecule is O=C(CCc1ccc2cc(CCC(=O)Oc3ccc4c5c3O[C@H]3C(=O)CC[C@@]6(O)[C@@H](C4)N(CC4CC4)CC[C@]536)ccc2c1)Oc1ccc2c3c1C[C@H]1C(=O)CC[C@@]4(O)[C@@H](C2)N(CC2CC2)CC[C@]314. The molecule has 4 saturated carbocycles. The zero-order valence-corrected chi connectivity index (χ0v) is 38.7. The number of carbonyl (C=O) groups excluding carboxylic acids is 4. The Kier molecular flexibility index (Phi) is 9.13. The lowest BCUT2D eigenvalue weighted by Crippen LogP contribution is -2.76. The van der Waals surface area contributed by atoms with E-state index in [1.165, 1.54) is 31.2 Å². The number of Topliss-reactive ketones (excluding diaryl/α,β-unsaturated/α-hetero) is 2. The van der Waals surface area contributed by atoms with Gasteiger partial charge in [0.05, 0.1) is 16.6 Å². The predicted molar refractivity (Wildman–Crippen MR) is 251 cm³/mol. The van der Waals surface area contributed by atoms with E-state index in [-0.39, 0.29) is 60.8 Å². The molecule has 68 heavy (non-hydrogen) atoms. The fraction of sp³-hybridized carbons (Fsp3) is 0.544. The summed E-state index contributed by atoms with van der Waals surface area (Å²) in [5, 5.41) is 27.4. The van der Waals surface area contributed by atoms with Crippen LogP contribution in [0.25, 0.3) is 10.8 Å². The first-order chi connectivity index (χ1) is 33.0. The van der Waals surface area contributed by atoms with Gasteiger partial charge in [-0.2, -0.15) is 0 Å². The largest absolute Gasteiger partial charge is 0.477 e. The summed E-state index contributed by atoms with van der Waals surface area (Å²) < 4.78 is 18.7. The third kappa shape index (κ3) is 5.91. The summed E-state index contributed by atoms with van der Waals surface area (Å²) in [4.78, 5) is 59.2. The highest BCUT2D eigenvalue weighted by Gasteiger charge is 2.74. The third-order valence-electron chi connectivity index (χ3n) is 19.3. The lowest BCUT2D eigenvalue weighted by molar-refractivity contribution is -0.188. The number of hydrogen-bond donors (Lipinski definition) is 2. The molecule has 0 unspecified atom stereocenters. The van der Waals surface area contributed by atoms with Crippen LogP contribution in [0.4, 0.5) is 0 Å². The van der Waals surface area contributed by atoms with Crippen LogP contribution in [0.2, 0.25) is 0 Å². The zero-order chi connectivity index (χ0) is 45.9. The Bertz CT molecular complexity index is 2690. The minimum Gasteiger partial charge on any atom is -0.477 e. The number of piperidine rings is 2. The van der Waals surface area contributed by atoms with E-state index in [2.05, 4.69) is 40.1 Å². The van der Waals surface area contributed by atoms with E-state index >= 15 is 0 Å². The second-order valence-electron chi connectivity index (χ2n) is 22.8. The van der Waals surface area contributed by atoms with E-state index in [0.717, 1.165) is 89.1 Å². The van der Waals surface area contributed by atoms with Gasteiger partial charge >= 0.3 is 11.9 Å². The first-order valence-electron chi connectivity index (χ1n) is 25.9. The number of hydrogen-bond acceptors (Lipinski definition) is 11. The van der Waals surface area contributed by atoms with Crippen LogP contribution < -0.4 is 14.2 Å². The standard InChI is InChI=1S/C57H60N2O9/c60-42-17-19-56(64)46-27-38-11-13-44(40-29-41(42)54(56,50(38)40)21-23-58(46)30-34-1-2-34)66-48(62)15-7-32-5-9-37-26-33(6-10-36(37)25-32)8-16-49(63)67-45-14-12-39-28-47-57(65)20-18-43(61)53-55(57,51(39)52(45)68-53)22-24-59(47)31-35-3-4-35/h5-6,9-14,25-26,34-35,41,46-47,53,64-65H,1-4,7-8,15-24,27-31H2/t41-,46+,47+,53-,54+,55-,56+,57+/m0/s1. The van der Waals surface area contributed by atoms with Crippen LogP contribution in [0, 0.1) is 17.8 Å². The van der Waals surface area contributed by atoms with Crippen molar-refractivity contribution in [3.05, 3.63) is 99.6 Å². The topological polar surface area (TPSA) is 143 Å². The van der Waals surface area contributed by atoms with Crippen molar-refractivity contribution in [3.8, 4) is 17.2 Å².